The van der Waals surface area contributed by atoms with Gasteiger partial charge in [0.25, 0.3) is 0 Å². The van der Waals surface area contributed by atoms with Crippen molar-refractivity contribution in [3.8, 4) is 17.2 Å². The van der Waals surface area contributed by atoms with E-state index in [4.69, 9.17) is 14.2 Å². The minimum Gasteiger partial charge on any atom is -0.493 e. The van der Waals surface area contributed by atoms with Crippen LogP contribution in [0.15, 0.2) is 36.4 Å². The van der Waals surface area contributed by atoms with Crippen LogP contribution in [0.4, 0.5) is 5.69 Å². The van der Waals surface area contributed by atoms with E-state index in [1.807, 2.05) is 13.0 Å². The van der Waals surface area contributed by atoms with Gasteiger partial charge in [-0.2, -0.15) is 0 Å². The molecule has 0 aliphatic heterocycles. The van der Waals surface area contributed by atoms with Gasteiger partial charge in [-0.25, -0.2) is 0 Å². The summed E-state index contributed by atoms with van der Waals surface area (Å²) in [6.07, 6.45) is 3.11. The predicted octanol–water partition coefficient (Wildman–Crippen LogP) is 3.71. The Hall–Kier alpha value is -2.89. The van der Waals surface area contributed by atoms with Gasteiger partial charge in [-0.15, -0.1) is 0 Å². The number of carbonyl (C=O) groups is 1. The van der Waals surface area contributed by atoms with Gasteiger partial charge in [-0.05, 0) is 37.3 Å². The maximum Gasteiger partial charge on any atom is 0.242 e. The third-order valence-corrected chi connectivity index (χ3v) is 5.13. The first-order valence-electron chi connectivity index (χ1n) is 9.52. The third kappa shape index (κ3) is 4.16. The lowest BCUT2D eigenvalue weighted by Crippen LogP contribution is -2.40. The van der Waals surface area contributed by atoms with Crippen molar-refractivity contribution in [2.75, 3.05) is 26.6 Å². The molecule has 6 nitrogen and oxygen atoms in total. The average Bonchev–Trinajstić information content (AvgIpc) is 2.73. The van der Waals surface area contributed by atoms with E-state index in [-0.39, 0.29) is 11.9 Å². The molecule has 0 aromatic heterocycles. The number of hydrogen-bond donors (Lipinski definition) is 2. The topological polar surface area (TPSA) is 68.8 Å². The Morgan fingerprint density at radius 1 is 1.07 bits per heavy atom. The van der Waals surface area contributed by atoms with Crippen LogP contribution in [-0.4, -0.2) is 33.3 Å². The Morgan fingerprint density at radius 2 is 1.75 bits per heavy atom. The average molecular weight is 384 g/mol. The Balaban J connectivity index is 1.71. The number of fused-ring (bicyclic) bond motifs is 1. The largest absolute Gasteiger partial charge is 0.493 e. The predicted molar refractivity (Wildman–Crippen MR) is 109 cm³/mol. The Labute approximate surface area is 166 Å². The van der Waals surface area contributed by atoms with Crippen LogP contribution >= 0.6 is 0 Å². The molecule has 0 bridgehead atoms. The van der Waals surface area contributed by atoms with Gasteiger partial charge in [-0.3, -0.25) is 4.79 Å². The second-order valence-corrected chi connectivity index (χ2v) is 6.93. The van der Waals surface area contributed by atoms with Crippen molar-refractivity contribution >= 4 is 11.6 Å². The summed E-state index contributed by atoms with van der Waals surface area (Å²) >= 11 is 0. The number of anilines is 1. The van der Waals surface area contributed by atoms with Gasteiger partial charge in [-0.1, -0.05) is 24.3 Å². The lowest BCUT2D eigenvalue weighted by atomic mass is 9.87. The van der Waals surface area contributed by atoms with E-state index in [1.54, 1.807) is 33.5 Å². The molecule has 3 rings (SSSR count). The van der Waals surface area contributed by atoms with E-state index in [9.17, 15) is 4.79 Å². The van der Waals surface area contributed by atoms with Gasteiger partial charge in [0.05, 0.1) is 27.4 Å². The zero-order valence-corrected chi connectivity index (χ0v) is 16.9. The maximum absolute atomic E-state index is 12.8. The molecule has 2 aromatic rings. The molecule has 150 valence electrons. The molecule has 1 amide bonds. The SMILES string of the molecule is COc1cc(N[C@H](C)C(=O)N[C@@H]2CCCc3ccccc32)cc(OC)c1OC. The number of rotatable bonds is 7. The van der Waals surface area contributed by atoms with E-state index in [2.05, 4.69) is 28.8 Å². The zero-order valence-electron chi connectivity index (χ0n) is 16.9. The smallest absolute Gasteiger partial charge is 0.242 e. The number of carbonyl (C=O) groups excluding carboxylic acids is 1. The minimum atomic E-state index is -0.420. The molecule has 0 unspecified atom stereocenters. The Bertz CT molecular complexity index is 812. The van der Waals surface area contributed by atoms with Crippen molar-refractivity contribution < 1.29 is 19.0 Å². The Morgan fingerprint density at radius 3 is 2.39 bits per heavy atom. The van der Waals surface area contributed by atoms with Crippen LogP contribution in [0.1, 0.15) is 36.9 Å². The fourth-order valence-corrected chi connectivity index (χ4v) is 3.68. The van der Waals surface area contributed by atoms with Crippen molar-refractivity contribution in [2.45, 2.75) is 38.3 Å². The number of benzene rings is 2. The van der Waals surface area contributed by atoms with Gasteiger partial charge in [0.2, 0.25) is 11.7 Å². The summed E-state index contributed by atoms with van der Waals surface area (Å²) in [5.74, 6) is 1.55. The highest BCUT2D eigenvalue weighted by molar-refractivity contribution is 5.85. The summed E-state index contributed by atoms with van der Waals surface area (Å²) in [7, 11) is 4.70. The molecular formula is C22H28N2O4. The first-order valence-corrected chi connectivity index (χ1v) is 9.52. The van der Waals surface area contributed by atoms with E-state index >= 15 is 0 Å². The molecule has 0 saturated carbocycles. The molecule has 2 atom stereocenters. The zero-order chi connectivity index (χ0) is 20.1. The second-order valence-electron chi connectivity index (χ2n) is 6.93. The molecule has 0 heterocycles. The lowest BCUT2D eigenvalue weighted by molar-refractivity contribution is -0.122. The number of hydrogen-bond acceptors (Lipinski definition) is 5. The number of amides is 1. The van der Waals surface area contributed by atoms with Crippen LogP contribution in [0.5, 0.6) is 17.2 Å². The minimum absolute atomic E-state index is 0.0459. The van der Waals surface area contributed by atoms with Crippen LogP contribution in [-0.2, 0) is 11.2 Å². The van der Waals surface area contributed by atoms with E-state index in [0.717, 1.165) is 24.9 Å². The van der Waals surface area contributed by atoms with Crippen molar-refractivity contribution in [1.82, 2.24) is 5.32 Å². The fraction of sp³-hybridized carbons (Fsp3) is 0.409. The Kier molecular flexibility index (Phi) is 6.29. The number of nitrogens with one attached hydrogen (secondary N) is 2. The molecular weight excluding hydrogens is 356 g/mol. The van der Waals surface area contributed by atoms with Gasteiger partial charge in [0.15, 0.2) is 11.5 Å². The van der Waals surface area contributed by atoms with E-state index in [0.29, 0.717) is 17.2 Å². The van der Waals surface area contributed by atoms with E-state index in [1.165, 1.54) is 11.1 Å². The first kappa shape index (κ1) is 19.9. The number of ether oxygens (including phenoxy) is 3. The number of aryl methyl sites for hydroxylation is 1. The summed E-state index contributed by atoms with van der Waals surface area (Å²) < 4.78 is 16.1. The molecule has 0 spiro atoms. The molecule has 0 fully saturated rings. The molecule has 1 aliphatic rings. The van der Waals surface area contributed by atoms with Crippen LogP contribution in [0.25, 0.3) is 0 Å². The molecule has 6 heteroatoms. The summed E-state index contributed by atoms with van der Waals surface area (Å²) in [6, 6.07) is 11.6. The molecule has 2 aromatic carbocycles. The van der Waals surface area contributed by atoms with Gasteiger partial charge in [0, 0.05) is 17.8 Å². The van der Waals surface area contributed by atoms with Crippen LogP contribution < -0.4 is 24.8 Å². The number of methoxy groups -OCH3 is 3. The van der Waals surface area contributed by atoms with Crippen LogP contribution in [0.2, 0.25) is 0 Å². The normalized spacial score (nSPS) is 16.5. The summed E-state index contributed by atoms with van der Waals surface area (Å²) in [5, 5.41) is 6.41. The van der Waals surface area contributed by atoms with Crippen molar-refractivity contribution in [2.24, 2.45) is 0 Å². The monoisotopic (exact) mass is 384 g/mol. The first-order chi connectivity index (χ1) is 13.6. The molecule has 0 saturated heterocycles. The van der Waals surface area contributed by atoms with Crippen LogP contribution in [0, 0.1) is 0 Å². The highest BCUT2D eigenvalue weighted by Gasteiger charge is 2.24. The second kappa shape index (κ2) is 8.87. The summed E-state index contributed by atoms with van der Waals surface area (Å²) in [6.45, 7) is 1.84. The lowest BCUT2D eigenvalue weighted by Gasteiger charge is -2.28. The van der Waals surface area contributed by atoms with Gasteiger partial charge in [0.1, 0.15) is 6.04 Å². The molecule has 2 N–H and O–H groups in total. The molecule has 28 heavy (non-hydrogen) atoms. The fourth-order valence-electron chi connectivity index (χ4n) is 3.68. The maximum atomic E-state index is 12.8. The standard InChI is InChI=1S/C22H28N2O4/c1-14(23-16-12-19(26-2)21(28-4)20(13-16)27-3)22(25)24-18-11-7-9-15-8-5-6-10-17(15)18/h5-6,8,10,12-14,18,23H,7,9,11H2,1-4H3,(H,24,25)/t14-,18-/m1/s1. The van der Waals surface area contributed by atoms with Crippen molar-refractivity contribution in [3.05, 3.63) is 47.5 Å². The van der Waals surface area contributed by atoms with Crippen LogP contribution in [0.3, 0.4) is 0 Å². The highest BCUT2D eigenvalue weighted by atomic mass is 16.5. The highest BCUT2D eigenvalue weighted by Crippen LogP contribution is 2.40. The molecule has 0 radical (unpaired) electrons. The van der Waals surface area contributed by atoms with E-state index < -0.39 is 6.04 Å². The van der Waals surface area contributed by atoms with Crippen molar-refractivity contribution in [3.63, 3.8) is 0 Å². The quantitative estimate of drug-likeness (QED) is 0.762. The van der Waals surface area contributed by atoms with Crippen molar-refractivity contribution in [1.29, 1.82) is 0 Å². The molecule has 1 aliphatic carbocycles. The summed E-state index contributed by atoms with van der Waals surface area (Å²) in [4.78, 5) is 12.8. The van der Waals surface area contributed by atoms with Gasteiger partial charge >= 0.3 is 0 Å². The van der Waals surface area contributed by atoms with Gasteiger partial charge < -0.3 is 24.8 Å². The summed E-state index contributed by atoms with van der Waals surface area (Å²) in [5.41, 5.74) is 3.27. The third-order valence-electron chi connectivity index (χ3n) is 5.13.